The summed E-state index contributed by atoms with van der Waals surface area (Å²) in [6, 6.07) is 0. The highest BCUT2D eigenvalue weighted by Gasteiger charge is 2.13. The summed E-state index contributed by atoms with van der Waals surface area (Å²) >= 11 is 0. The number of hydrogen-bond donors (Lipinski definition) is 1. The lowest BCUT2D eigenvalue weighted by atomic mass is 10.1. The van der Waals surface area contributed by atoms with E-state index >= 15 is 0 Å². The maximum Gasteiger partial charge on any atom is 0.244 e. The van der Waals surface area contributed by atoms with Crippen molar-refractivity contribution in [2.45, 2.75) is 52.2 Å². The summed E-state index contributed by atoms with van der Waals surface area (Å²) in [6.45, 7) is 9.29. The number of hydrogen-bond acceptors (Lipinski definition) is 5. The highest BCUT2D eigenvalue weighted by Crippen LogP contribution is 2.14. The molecule has 0 saturated heterocycles. The molecule has 98 valence electrons. The minimum absolute atomic E-state index is 0.135. The van der Waals surface area contributed by atoms with Gasteiger partial charge in [-0.25, -0.2) is 0 Å². The molecule has 1 aromatic heterocycles. The van der Waals surface area contributed by atoms with Gasteiger partial charge in [-0.15, -0.1) is 10.2 Å². The summed E-state index contributed by atoms with van der Waals surface area (Å²) in [5.41, 5.74) is 0.157. The quantitative estimate of drug-likeness (QED) is 0.773. The standard InChI is InChI=1S/C12H23N3O2/c1-9(16-5)11-15-14-10(17-11)7-6-8-13-12(2,3)4/h9,13H,6-8H2,1-5H3. The second kappa shape index (κ2) is 6.12. The Bertz CT molecular complexity index is 331. The molecule has 0 fully saturated rings. The normalized spacial score (nSPS) is 13.9. The number of aryl methyl sites for hydroxylation is 1. The van der Waals surface area contributed by atoms with Crippen LogP contribution >= 0.6 is 0 Å². The predicted molar refractivity (Wildman–Crippen MR) is 65.8 cm³/mol. The summed E-state index contributed by atoms with van der Waals surface area (Å²) < 4.78 is 10.6. The first-order chi connectivity index (χ1) is 7.92. The summed E-state index contributed by atoms with van der Waals surface area (Å²) in [6.07, 6.45) is 1.65. The molecule has 5 heteroatoms. The van der Waals surface area contributed by atoms with Crippen molar-refractivity contribution in [2.75, 3.05) is 13.7 Å². The first-order valence-corrected chi connectivity index (χ1v) is 6.02. The van der Waals surface area contributed by atoms with Gasteiger partial charge in [0.05, 0.1) is 0 Å². The van der Waals surface area contributed by atoms with E-state index in [1.165, 1.54) is 0 Å². The lowest BCUT2D eigenvalue weighted by molar-refractivity contribution is 0.0935. The van der Waals surface area contributed by atoms with Crippen molar-refractivity contribution in [3.8, 4) is 0 Å². The summed E-state index contributed by atoms with van der Waals surface area (Å²) in [5.74, 6) is 1.23. The molecular formula is C12H23N3O2. The maximum absolute atomic E-state index is 5.49. The van der Waals surface area contributed by atoms with Crippen molar-refractivity contribution in [3.05, 3.63) is 11.8 Å². The molecule has 5 nitrogen and oxygen atoms in total. The van der Waals surface area contributed by atoms with Crippen molar-refractivity contribution in [1.82, 2.24) is 15.5 Å². The van der Waals surface area contributed by atoms with Gasteiger partial charge in [-0.05, 0) is 40.7 Å². The molecule has 0 saturated carbocycles. The van der Waals surface area contributed by atoms with Gasteiger partial charge in [0.15, 0.2) is 0 Å². The maximum atomic E-state index is 5.49. The molecule has 0 radical (unpaired) electrons. The largest absolute Gasteiger partial charge is 0.422 e. The van der Waals surface area contributed by atoms with E-state index in [9.17, 15) is 0 Å². The van der Waals surface area contributed by atoms with Crippen molar-refractivity contribution in [3.63, 3.8) is 0 Å². The second-order valence-corrected chi connectivity index (χ2v) is 5.19. The number of methoxy groups -OCH3 is 1. The van der Waals surface area contributed by atoms with Crippen LogP contribution in [0.4, 0.5) is 0 Å². The van der Waals surface area contributed by atoms with Gasteiger partial charge in [-0.1, -0.05) is 0 Å². The van der Waals surface area contributed by atoms with Crippen LogP contribution in [0.2, 0.25) is 0 Å². The van der Waals surface area contributed by atoms with E-state index in [0.717, 1.165) is 19.4 Å². The Labute approximate surface area is 103 Å². The molecule has 0 aliphatic carbocycles. The lowest BCUT2D eigenvalue weighted by Gasteiger charge is -2.19. The van der Waals surface area contributed by atoms with Crippen molar-refractivity contribution < 1.29 is 9.15 Å². The average Bonchev–Trinajstić information content (AvgIpc) is 2.70. The Morgan fingerprint density at radius 1 is 1.35 bits per heavy atom. The van der Waals surface area contributed by atoms with Crippen LogP contribution in [0.1, 0.15) is 52.0 Å². The Morgan fingerprint density at radius 3 is 2.65 bits per heavy atom. The molecule has 0 amide bonds. The highest BCUT2D eigenvalue weighted by atomic mass is 16.5. The van der Waals surface area contributed by atoms with Gasteiger partial charge in [0, 0.05) is 19.1 Å². The molecule has 0 aliphatic heterocycles. The molecule has 0 aromatic carbocycles. The average molecular weight is 241 g/mol. The Morgan fingerprint density at radius 2 is 2.06 bits per heavy atom. The first-order valence-electron chi connectivity index (χ1n) is 6.02. The molecule has 1 heterocycles. The van der Waals surface area contributed by atoms with E-state index in [2.05, 4.69) is 36.3 Å². The van der Waals surface area contributed by atoms with Crippen molar-refractivity contribution in [2.24, 2.45) is 0 Å². The zero-order valence-corrected chi connectivity index (χ0v) is 11.4. The topological polar surface area (TPSA) is 60.2 Å². The van der Waals surface area contributed by atoms with Crippen LogP contribution in [0, 0.1) is 0 Å². The molecule has 1 N–H and O–H groups in total. The fraction of sp³-hybridized carbons (Fsp3) is 0.833. The third-order valence-corrected chi connectivity index (χ3v) is 2.41. The van der Waals surface area contributed by atoms with E-state index in [1.54, 1.807) is 7.11 Å². The fourth-order valence-electron chi connectivity index (χ4n) is 1.34. The zero-order chi connectivity index (χ0) is 12.9. The Kier molecular flexibility index (Phi) is 5.08. The van der Waals surface area contributed by atoms with Gasteiger partial charge >= 0.3 is 0 Å². The number of aromatic nitrogens is 2. The summed E-state index contributed by atoms with van der Waals surface area (Å²) in [7, 11) is 1.63. The van der Waals surface area contributed by atoms with Crippen LogP contribution < -0.4 is 5.32 Å². The number of nitrogens with one attached hydrogen (secondary N) is 1. The van der Waals surface area contributed by atoms with Gasteiger partial charge in [-0.3, -0.25) is 0 Å². The molecule has 0 spiro atoms. The molecule has 1 unspecified atom stereocenters. The predicted octanol–water partition coefficient (Wildman–Crippen LogP) is 2.10. The molecule has 17 heavy (non-hydrogen) atoms. The minimum Gasteiger partial charge on any atom is -0.422 e. The van der Waals surface area contributed by atoms with Gasteiger partial charge in [0.25, 0.3) is 0 Å². The van der Waals surface area contributed by atoms with Gasteiger partial charge in [0.2, 0.25) is 11.8 Å². The highest BCUT2D eigenvalue weighted by molar-refractivity contribution is 4.85. The van der Waals surface area contributed by atoms with Crippen LogP contribution in [0.15, 0.2) is 4.42 Å². The molecule has 1 atom stereocenters. The molecule has 1 rings (SSSR count). The molecule has 0 bridgehead atoms. The van der Waals surface area contributed by atoms with Gasteiger partial charge in [-0.2, -0.15) is 0 Å². The molecule has 1 aromatic rings. The van der Waals surface area contributed by atoms with Crippen LogP contribution in [-0.4, -0.2) is 29.4 Å². The van der Waals surface area contributed by atoms with Crippen LogP contribution in [0.25, 0.3) is 0 Å². The lowest BCUT2D eigenvalue weighted by Crippen LogP contribution is -2.36. The smallest absolute Gasteiger partial charge is 0.244 e. The Hall–Kier alpha value is -0.940. The Balaban J connectivity index is 2.30. The summed E-state index contributed by atoms with van der Waals surface area (Å²) in [5, 5.41) is 11.4. The second-order valence-electron chi connectivity index (χ2n) is 5.19. The molecular weight excluding hydrogens is 218 g/mol. The SMILES string of the molecule is COC(C)c1nnc(CCCNC(C)(C)C)o1. The van der Waals surface area contributed by atoms with Crippen LogP contribution in [0.5, 0.6) is 0 Å². The van der Waals surface area contributed by atoms with Crippen LogP contribution in [-0.2, 0) is 11.2 Å². The van der Waals surface area contributed by atoms with E-state index in [1.807, 2.05) is 6.92 Å². The molecule has 0 aliphatic rings. The van der Waals surface area contributed by atoms with E-state index in [0.29, 0.717) is 11.8 Å². The van der Waals surface area contributed by atoms with E-state index < -0.39 is 0 Å². The van der Waals surface area contributed by atoms with Crippen molar-refractivity contribution in [1.29, 1.82) is 0 Å². The third kappa shape index (κ3) is 5.28. The van der Waals surface area contributed by atoms with E-state index in [-0.39, 0.29) is 11.6 Å². The fourth-order valence-corrected chi connectivity index (χ4v) is 1.34. The van der Waals surface area contributed by atoms with Gasteiger partial charge < -0.3 is 14.5 Å². The summed E-state index contributed by atoms with van der Waals surface area (Å²) in [4.78, 5) is 0. The minimum atomic E-state index is -0.135. The van der Waals surface area contributed by atoms with Crippen LogP contribution in [0.3, 0.4) is 0 Å². The van der Waals surface area contributed by atoms with Crippen molar-refractivity contribution >= 4 is 0 Å². The number of rotatable bonds is 6. The van der Waals surface area contributed by atoms with E-state index in [4.69, 9.17) is 9.15 Å². The monoisotopic (exact) mass is 241 g/mol. The zero-order valence-electron chi connectivity index (χ0n) is 11.4. The number of nitrogens with zero attached hydrogens (tertiary/aromatic N) is 2. The van der Waals surface area contributed by atoms with Gasteiger partial charge in [0.1, 0.15) is 6.10 Å². The third-order valence-electron chi connectivity index (χ3n) is 2.41. The number of ether oxygens (including phenoxy) is 1. The first kappa shape index (κ1) is 14.1.